The summed E-state index contributed by atoms with van der Waals surface area (Å²) in [4.78, 5) is 30.4. The van der Waals surface area contributed by atoms with E-state index in [1.54, 1.807) is 31.1 Å². The van der Waals surface area contributed by atoms with Gasteiger partial charge in [0.2, 0.25) is 0 Å². The summed E-state index contributed by atoms with van der Waals surface area (Å²) in [5, 5.41) is 21.8. The van der Waals surface area contributed by atoms with Crippen molar-refractivity contribution in [1.82, 2.24) is 55.1 Å². The molecule has 3 saturated heterocycles. The minimum absolute atomic E-state index is 0.0934. The maximum absolute atomic E-state index is 15.2. The lowest BCUT2D eigenvalue weighted by Gasteiger charge is -2.27. The Morgan fingerprint density at radius 1 is 0.828 bits per heavy atom. The lowest BCUT2D eigenvalue weighted by molar-refractivity contribution is 0.00861. The topological polar surface area (TPSA) is 205 Å². The van der Waals surface area contributed by atoms with E-state index in [9.17, 15) is 9.18 Å². The molecular formula is C45H55F2N13O4. The van der Waals surface area contributed by atoms with Crippen LogP contribution in [0.4, 0.5) is 20.4 Å². The fraction of sp³-hybridized carbons (Fsp3) is 0.489. The number of nitrogens with one attached hydrogen (secondary N) is 4. The molecule has 9 heterocycles. The van der Waals surface area contributed by atoms with Gasteiger partial charge in [0.05, 0.1) is 51.1 Å². The number of amides is 1. The van der Waals surface area contributed by atoms with Crippen LogP contribution in [0.1, 0.15) is 96.4 Å². The van der Waals surface area contributed by atoms with E-state index in [4.69, 9.17) is 30.1 Å². The van der Waals surface area contributed by atoms with E-state index in [1.807, 2.05) is 28.8 Å². The third-order valence-electron chi connectivity index (χ3n) is 12.2. The summed E-state index contributed by atoms with van der Waals surface area (Å²) in [6, 6.07) is 9.10. The minimum atomic E-state index is -0.608. The molecule has 3 aliphatic heterocycles. The van der Waals surface area contributed by atoms with Crippen LogP contribution in [0.2, 0.25) is 0 Å². The number of methoxy groups -OCH3 is 2. The normalized spacial score (nSPS) is 18.9. The molecule has 338 valence electrons. The van der Waals surface area contributed by atoms with Crippen LogP contribution < -0.4 is 36.5 Å². The van der Waals surface area contributed by atoms with E-state index < -0.39 is 17.9 Å². The summed E-state index contributed by atoms with van der Waals surface area (Å²) in [7, 11) is 4.80. The van der Waals surface area contributed by atoms with E-state index >= 15 is 4.39 Å². The van der Waals surface area contributed by atoms with Crippen molar-refractivity contribution >= 4 is 28.8 Å². The SMILES string of the molecule is CNC(=O)c1cc(F)c(-c2cnc3cc(OC)c(C4CC4)nn23)nc1NC1CCCNC1.COc1cc2ncc(-c3ccc(C4COC4)c(N)n3)n2nc1C1CC1.FC1CCNCC1. The average molecular weight is 880 g/mol. The summed E-state index contributed by atoms with van der Waals surface area (Å²) in [6.45, 7) is 4.87. The number of hydrogen-bond donors (Lipinski definition) is 5. The van der Waals surface area contributed by atoms with E-state index in [2.05, 4.69) is 41.2 Å². The number of alkyl halides is 1. The van der Waals surface area contributed by atoms with Gasteiger partial charge in [0.1, 0.15) is 57.8 Å². The van der Waals surface area contributed by atoms with Gasteiger partial charge in [0, 0.05) is 55.1 Å². The molecule has 5 aliphatic rings. The number of aromatic nitrogens is 8. The number of piperidine rings is 2. The first-order chi connectivity index (χ1) is 31.2. The molecule has 2 saturated carbocycles. The fourth-order valence-corrected chi connectivity index (χ4v) is 8.20. The van der Waals surface area contributed by atoms with Crippen LogP contribution in [0.25, 0.3) is 34.1 Å². The zero-order valence-corrected chi connectivity index (χ0v) is 36.4. The van der Waals surface area contributed by atoms with Gasteiger partial charge in [0.15, 0.2) is 17.1 Å². The van der Waals surface area contributed by atoms with Crippen LogP contribution in [0.5, 0.6) is 11.5 Å². The highest BCUT2D eigenvalue weighted by molar-refractivity contribution is 5.99. The summed E-state index contributed by atoms with van der Waals surface area (Å²) in [5.74, 6) is 2.56. The Labute approximate surface area is 369 Å². The largest absolute Gasteiger partial charge is 0.495 e. The van der Waals surface area contributed by atoms with Gasteiger partial charge in [-0.25, -0.2) is 37.7 Å². The molecule has 11 rings (SSSR count). The van der Waals surface area contributed by atoms with Gasteiger partial charge < -0.3 is 41.2 Å². The van der Waals surface area contributed by atoms with E-state index in [-0.39, 0.29) is 17.3 Å². The second-order valence-electron chi connectivity index (χ2n) is 16.9. The van der Waals surface area contributed by atoms with Crippen molar-refractivity contribution in [2.45, 2.75) is 81.3 Å². The van der Waals surface area contributed by atoms with Crippen molar-refractivity contribution in [1.29, 1.82) is 0 Å². The number of ether oxygens (including phenoxy) is 3. The molecular weight excluding hydrogens is 825 g/mol. The fourth-order valence-electron chi connectivity index (χ4n) is 8.20. The van der Waals surface area contributed by atoms with E-state index in [0.717, 1.165) is 104 Å². The summed E-state index contributed by atoms with van der Waals surface area (Å²) in [6.07, 6.45) is 10.6. The monoisotopic (exact) mass is 879 g/mol. The summed E-state index contributed by atoms with van der Waals surface area (Å²) < 4.78 is 47.0. The molecule has 0 spiro atoms. The van der Waals surface area contributed by atoms with Crippen LogP contribution in [0.15, 0.2) is 42.7 Å². The molecule has 6 aromatic heterocycles. The van der Waals surface area contributed by atoms with Crippen molar-refractivity contribution in [3.63, 3.8) is 0 Å². The molecule has 1 atom stereocenters. The predicted octanol–water partition coefficient (Wildman–Crippen LogP) is 5.42. The van der Waals surface area contributed by atoms with Crippen molar-refractivity contribution in [2.24, 2.45) is 0 Å². The summed E-state index contributed by atoms with van der Waals surface area (Å²) in [5.41, 5.74) is 12.6. The number of pyridine rings is 2. The zero-order chi connectivity index (χ0) is 44.3. The maximum Gasteiger partial charge on any atom is 0.254 e. The number of halogens is 2. The Bertz CT molecular complexity index is 2620. The predicted molar refractivity (Wildman–Crippen MR) is 237 cm³/mol. The Morgan fingerprint density at radius 3 is 1.98 bits per heavy atom. The number of nitrogens with zero attached hydrogens (tertiary/aromatic N) is 8. The van der Waals surface area contributed by atoms with Crippen molar-refractivity contribution in [3.05, 3.63) is 71.1 Å². The van der Waals surface area contributed by atoms with Gasteiger partial charge in [-0.3, -0.25) is 4.79 Å². The van der Waals surface area contributed by atoms with Crippen molar-refractivity contribution in [2.75, 3.05) is 71.7 Å². The number of nitrogens with two attached hydrogens (primary N) is 1. The van der Waals surface area contributed by atoms with Gasteiger partial charge in [-0.15, -0.1) is 0 Å². The van der Waals surface area contributed by atoms with Crippen molar-refractivity contribution in [3.8, 4) is 34.3 Å². The van der Waals surface area contributed by atoms with Crippen LogP contribution in [0, 0.1) is 5.82 Å². The number of nitrogen functional groups attached to an aromatic ring is 1. The quantitative estimate of drug-likeness (QED) is 0.117. The molecule has 0 aromatic carbocycles. The lowest BCUT2D eigenvalue weighted by Crippen LogP contribution is -2.39. The maximum atomic E-state index is 15.2. The lowest BCUT2D eigenvalue weighted by atomic mass is 9.98. The van der Waals surface area contributed by atoms with Gasteiger partial charge in [0.25, 0.3) is 5.91 Å². The highest BCUT2D eigenvalue weighted by Gasteiger charge is 2.32. The summed E-state index contributed by atoms with van der Waals surface area (Å²) >= 11 is 0. The van der Waals surface area contributed by atoms with Crippen LogP contribution in [-0.4, -0.2) is 118 Å². The second kappa shape index (κ2) is 19.0. The highest BCUT2D eigenvalue weighted by Crippen LogP contribution is 2.44. The molecule has 1 unspecified atom stereocenters. The molecule has 17 nitrogen and oxygen atoms in total. The molecule has 64 heavy (non-hydrogen) atoms. The molecule has 0 bridgehead atoms. The van der Waals surface area contributed by atoms with Crippen LogP contribution in [-0.2, 0) is 4.74 Å². The number of carbonyl (C=O) groups excluding carboxylic acids is 1. The third-order valence-corrected chi connectivity index (χ3v) is 12.2. The van der Waals surface area contributed by atoms with E-state index in [1.165, 1.54) is 13.1 Å². The first-order valence-corrected chi connectivity index (χ1v) is 22.2. The molecule has 5 fully saturated rings. The van der Waals surface area contributed by atoms with Gasteiger partial charge in [-0.05, 0) is 83.1 Å². The van der Waals surface area contributed by atoms with Gasteiger partial charge >= 0.3 is 0 Å². The number of imidazole rings is 2. The average Bonchev–Trinajstić information content (AvgIpc) is 4.25. The number of carbonyl (C=O) groups is 1. The first kappa shape index (κ1) is 43.2. The Kier molecular flexibility index (Phi) is 12.8. The second-order valence-corrected chi connectivity index (χ2v) is 16.9. The molecule has 6 aromatic rings. The van der Waals surface area contributed by atoms with Crippen LogP contribution >= 0.6 is 0 Å². The van der Waals surface area contributed by atoms with Gasteiger partial charge in [-0.2, -0.15) is 10.2 Å². The van der Waals surface area contributed by atoms with Gasteiger partial charge in [-0.1, -0.05) is 6.07 Å². The van der Waals surface area contributed by atoms with Crippen molar-refractivity contribution < 1.29 is 27.8 Å². The molecule has 0 radical (unpaired) electrons. The molecule has 19 heteroatoms. The Hall–Kier alpha value is -6.05. The minimum Gasteiger partial charge on any atom is -0.495 e. The van der Waals surface area contributed by atoms with E-state index in [0.29, 0.717) is 72.5 Å². The number of hydrogen-bond acceptors (Lipinski definition) is 14. The number of fused-ring (bicyclic) bond motifs is 2. The van der Waals surface area contributed by atoms with Crippen LogP contribution in [0.3, 0.4) is 0 Å². The first-order valence-electron chi connectivity index (χ1n) is 22.2. The molecule has 2 aliphatic carbocycles. The Morgan fingerprint density at radius 2 is 1.47 bits per heavy atom. The third kappa shape index (κ3) is 9.28. The number of anilines is 2. The number of rotatable bonds is 10. The molecule has 1 amide bonds. The smallest absolute Gasteiger partial charge is 0.254 e. The zero-order valence-electron chi connectivity index (χ0n) is 36.4. The Balaban J connectivity index is 0.000000143. The molecule has 6 N–H and O–H groups in total. The highest BCUT2D eigenvalue weighted by atomic mass is 19.1. The standard InChI is InChI=1S/C22H26FN7O2.C18H19N5O2.C5H10FN/c1-24-22(31)14-8-15(23)20(28-21(14)27-13-4-3-7-25-10-13)16-11-26-18-9-17(32-2)19(12-5-6-12)29-30(16)18;1-24-15-6-16-20-7-14(23(16)22-17(15)10-2-3-10)13-5-4-12(18(19)21-13)11-8-25-9-11;6-5-1-3-7-4-2-5/h8-9,11-13,25H,3-7,10H2,1-2H3,(H,24,31)(H,27,28);4-7,10-11H,2-3,8-9H2,1H3,(H2,19,21);5,7H,1-4H2.